The molecule has 1 heterocycles. The van der Waals surface area contributed by atoms with E-state index in [-0.39, 0.29) is 16.7 Å². The first-order valence-electron chi connectivity index (χ1n) is 10.1. The summed E-state index contributed by atoms with van der Waals surface area (Å²) < 4.78 is 11.0. The van der Waals surface area contributed by atoms with Crippen molar-refractivity contribution in [2.24, 2.45) is 0 Å². The van der Waals surface area contributed by atoms with Gasteiger partial charge in [0.2, 0.25) is 0 Å². The van der Waals surface area contributed by atoms with Gasteiger partial charge in [0.05, 0.1) is 29.0 Å². The van der Waals surface area contributed by atoms with Gasteiger partial charge in [0.25, 0.3) is 11.8 Å². The smallest absolute Gasteiger partial charge is 0.338 e. The summed E-state index contributed by atoms with van der Waals surface area (Å²) >= 11 is 0. The number of nitrogens with zero attached hydrogens (tertiary/aromatic N) is 1. The number of anilines is 1. The van der Waals surface area contributed by atoms with Crippen LogP contribution >= 0.6 is 0 Å². The predicted octanol–water partition coefficient (Wildman–Crippen LogP) is 5.24. The van der Waals surface area contributed by atoms with Crippen molar-refractivity contribution in [1.29, 1.82) is 0 Å². The molecule has 3 aromatic rings. The van der Waals surface area contributed by atoms with Crippen LogP contribution < -0.4 is 9.64 Å². The van der Waals surface area contributed by atoms with Crippen LogP contribution in [-0.2, 0) is 4.74 Å². The van der Waals surface area contributed by atoms with Crippen molar-refractivity contribution in [1.82, 2.24) is 0 Å². The number of carbonyl (C=O) groups is 3. The second-order valence-electron chi connectivity index (χ2n) is 7.10. The molecule has 0 N–H and O–H groups in total. The van der Waals surface area contributed by atoms with E-state index < -0.39 is 17.8 Å². The lowest BCUT2D eigenvalue weighted by Crippen LogP contribution is -2.29. The molecule has 0 saturated carbocycles. The van der Waals surface area contributed by atoms with Crippen LogP contribution in [0.4, 0.5) is 5.69 Å². The van der Waals surface area contributed by atoms with Gasteiger partial charge < -0.3 is 9.47 Å². The second-order valence-corrected chi connectivity index (χ2v) is 7.10. The number of hydrogen-bond acceptors (Lipinski definition) is 5. The second kappa shape index (κ2) is 8.83. The molecular weight excluding hydrogens is 394 g/mol. The van der Waals surface area contributed by atoms with Gasteiger partial charge in [-0.25, -0.2) is 9.69 Å². The molecule has 0 atom stereocenters. The summed E-state index contributed by atoms with van der Waals surface area (Å²) in [5.41, 5.74) is 1.14. The number of para-hydroxylation sites is 1. The first-order valence-corrected chi connectivity index (χ1v) is 10.1. The molecule has 6 heteroatoms. The number of imide groups is 1. The van der Waals surface area contributed by atoms with Crippen molar-refractivity contribution in [3.8, 4) is 11.5 Å². The van der Waals surface area contributed by atoms with Crippen LogP contribution in [0.5, 0.6) is 11.5 Å². The molecule has 0 bridgehead atoms. The number of amides is 2. The molecule has 0 spiro atoms. The normalized spacial score (nSPS) is 12.6. The predicted molar refractivity (Wildman–Crippen MR) is 116 cm³/mol. The zero-order valence-corrected chi connectivity index (χ0v) is 17.0. The van der Waals surface area contributed by atoms with Crippen LogP contribution in [-0.4, -0.2) is 24.4 Å². The van der Waals surface area contributed by atoms with Crippen LogP contribution in [0.1, 0.15) is 50.8 Å². The topological polar surface area (TPSA) is 72.9 Å². The van der Waals surface area contributed by atoms with Gasteiger partial charge in [-0.05, 0) is 61.0 Å². The van der Waals surface area contributed by atoms with Crippen LogP contribution in [0, 0.1) is 0 Å². The maximum atomic E-state index is 12.9. The molecule has 6 nitrogen and oxygen atoms in total. The maximum Gasteiger partial charge on any atom is 0.338 e. The van der Waals surface area contributed by atoms with Gasteiger partial charge in [0.1, 0.15) is 11.5 Å². The van der Waals surface area contributed by atoms with E-state index in [2.05, 4.69) is 0 Å². The molecule has 0 unspecified atom stereocenters. The number of esters is 1. The van der Waals surface area contributed by atoms with Crippen molar-refractivity contribution in [3.05, 3.63) is 89.5 Å². The molecule has 1 aliphatic rings. The number of carbonyl (C=O) groups excluding carboxylic acids is 3. The first kappa shape index (κ1) is 20.3. The minimum absolute atomic E-state index is 0.194. The average Bonchev–Trinajstić information content (AvgIpc) is 3.05. The number of rotatable bonds is 7. The van der Waals surface area contributed by atoms with Gasteiger partial charge >= 0.3 is 5.97 Å². The molecule has 156 valence electrons. The monoisotopic (exact) mass is 415 g/mol. The SMILES string of the molecule is CCCCOC(=O)c1ccc2c(c1)C(=O)N(c1ccc(Oc3ccccc3)cc1)C2=O. The zero-order valence-electron chi connectivity index (χ0n) is 17.0. The van der Waals surface area contributed by atoms with E-state index in [0.29, 0.717) is 23.8 Å². The fraction of sp³-hybridized carbons (Fsp3) is 0.160. The van der Waals surface area contributed by atoms with E-state index in [4.69, 9.17) is 9.47 Å². The number of ether oxygens (including phenoxy) is 2. The van der Waals surface area contributed by atoms with Gasteiger partial charge in [-0.15, -0.1) is 0 Å². The summed E-state index contributed by atoms with van der Waals surface area (Å²) in [5, 5.41) is 0. The number of benzene rings is 3. The van der Waals surface area contributed by atoms with E-state index in [1.807, 2.05) is 37.3 Å². The first-order chi connectivity index (χ1) is 15.1. The Kier molecular flexibility index (Phi) is 5.80. The lowest BCUT2D eigenvalue weighted by Gasteiger charge is -2.14. The third-order valence-corrected chi connectivity index (χ3v) is 4.93. The van der Waals surface area contributed by atoms with E-state index in [9.17, 15) is 14.4 Å². The average molecular weight is 415 g/mol. The highest BCUT2D eigenvalue weighted by Gasteiger charge is 2.37. The molecule has 0 aromatic heterocycles. The molecule has 1 aliphatic heterocycles. The highest BCUT2D eigenvalue weighted by atomic mass is 16.5. The quantitative estimate of drug-likeness (QED) is 0.300. The Balaban J connectivity index is 1.52. The molecule has 0 fully saturated rings. The summed E-state index contributed by atoms with van der Waals surface area (Å²) in [6.45, 7) is 2.32. The molecule has 0 saturated heterocycles. The minimum Gasteiger partial charge on any atom is -0.462 e. The fourth-order valence-electron chi connectivity index (χ4n) is 3.28. The van der Waals surface area contributed by atoms with Crippen molar-refractivity contribution in [2.45, 2.75) is 19.8 Å². The Hall–Kier alpha value is -3.93. The van der Waals surface area contributed by atoms with Crippen LogP contribution in [0.2, 0.25) is 0 Å². The molecule has 3 aromatic carbocycles. The number of fused-ring (bicyclic) bond motifs is 1. The standard InChI is InChI=1S/C25H21NO5/c1-2-3-15-30-25(29)17-9-14-21-22(16-17)24(28)26(23(21)27)18-10-12-20(13-11-18)31-19-7-5-4-6-8-19/h4-14,16H,2-3,15H2,1H3. The minimum atomic E-state index is -0.502. The summed E-state index contributed by atoms with van der Waals surface area (Å²) in [7, 11) is 0. The van der Waals surface area contributed by atoms with Gasteiger partial charge in [-0.3, -0.25) is 9.59 Å². The van der Waals surface area contributed by atoms with Crippen molar-refractivity contribution in [3.63, 3.8) is 0 Å². The van der Waals surface area contributed by atoms with E-state index in [1.165, 1.54) is 18.2 Å². The summed E-state index contributed by atoms with van der Waals surface area (Å²) in [5.74, 6) is -0.127. The highest BCUT2D eigenvalue weighted by molar-refractivity contribution is 6.34. The third kappa shape index (κ3) is 4.19. The van der Waals surface area contributed by atoms with Crippen LogP contribution in [0.3, 0.4) is 0 Å². The van der Waals surface area contributed by atoms with Crippen molar-refractivity contribution in [2.75, 3.05) is 11.5 Å². The van der Waals surface area contributed by atoms with Crippen molar-refractivity contribution < 1.29 is 23.9 Å². The number of hydrogen-bond donors (Lipinski definition) is 0. The van der Waals surface area contributed by atoms with E-state index in [0.717, 1.165) is 17.7 Å². The molecule has 31 heavy (non-hydrogen) atoms. The lowest BCUT2D eigenvalue weighted by atomic mass is 10.1. The molecule has 4 rings (SSSR count). The molecule has 0 radical (unpaired) electrons. The Morgan fingerprint density at radius 3 is 2.23 bits per heavy atom. The molecular formula is C25H21NO5. The summed E-state index contributed by atoms with van der Waals surface area (Å²) in [6.07, 6.45) is 1.68. The Morgan fingerprint density at radius 2 is 1.52 bits per heavy atom. The highest BCUT2D eigenvalue weighted by Crippen LogP contribution is 2.31. The fourth-order valence-corrected chi connectivity index (χ4v) is 3.28. The Bertz CT molecular complexity index is 1120. The van der Waals surface area contributed by atoms with E-state index in [1.54, 1.807) is 24.3 Å². The van der Waals surface area contributed by atoms with E-state index >= 15 is 0 Å². The Labute approximate surface area is 180 Å². The summed E-state index contributed by atoms with van der Waals surface area (Å²) in [6, 6.07) is 20.5. The van der Waals surface area contributed by atoms with Crippen LogP contribution in [0.15, 0.2) is 72.8 Å². The molecule has 0 aliphatic carbocycles. The largest absolute Gasteiger partial charge is 0.462 e. The zero-order chi connectivity index (χ0) is 21.8. The lowest BCUT2D eigenvalue weighted by molar-refractivity contribution is 0.0499. The van der Waals surface area contributed by atoms with Gasteiger partial charge in [0, 0.05) is 0 Å². The Morgan fingerprint density at radius 1 is 0.839 bits per heavy atom. The summed E-state index contributed by atoms with van der Waals surface area (Å²) in [4.78, 5) is 39.1. The van der Waals surface area contributed by atoms with Gasteiger partial charge in [-0.1, -0.05) is 31.5 Å². The van der Waals surface area contributed by atoms with Gasteiger partial charge in [-0.2, -0.15) is 0 Å². The number of unbranched alkanes of at least 4 members (excludes halogenated alkanes) is 1. The molecule has 2 amide bonds. The van der Waals surface area contributed by atoms with Gasteiger partial charge in [0.15, 0.2) is 0 Å². The third-order valence-electron chi connectivity index (χ3n) is 4.93. The van der Waals surface area contributed by atoms with Crippen molar-refractivity contribution >= 4 is 23.5 Å². The maximum absolute atomic E-state index is 12.9. The van der Waals surface area contributed by atoms with Crippen LogP contribution in [0.25, 0.3) is 0 Å².